The molecule has 2 aromatic rings. The van der Waals surface area contributed by atoms with E-state index in [-0.39, 0.29) is 11.2 Å². The molecule has 4 nitrogen and oxygen atoms in total. The van der Waals surface area contributed by atoms with Gasteiger partial charge in [0.25, 0.3) is 0 Å². The van der Waals surface area contributed by atoms with Crippen molar-refractivity contribution in [3.05, 3.63) is 46.4 Å². The van der Waals surface area contributed by atoms with E-state index < -0.39 is 0 Å². The summed E-state index contributed by atoms with van der Waals surface area (Å²) in [7, 11) is 0. The van der Waals surface area contributed by atoms with Crippen LogP contribution in [0.15, 0.2) is 38.9 Å². The number of nitrogens with zero attached hydrogens (tertiary/aromatic N) is 2. The van der Waals surface area contributed by atoms with Gasteiger partial charge in [0.05, 0.1) is 0 Å². The van der Waals surface area contributed by atoms with Crippen molar-refractivity contribution in [3.63, 3.8) is 0 Å². The van der Waals surface area contributed by atoms with Crippen molar-refractivity contribution in [2.75, 3.05) is 0 Å². The molecule has 1 aromatic heterocycles. The molecule has 4 aliphatic carbocycles. The van der Waals surface area contributed by atoms with E-state index in [0.29, 0.717) is 17.1 Å². The van der Waals surface area contributed by atoms with Gasteiger partial charge in [0.1, 0.15) is 11.5 Å². The highest BCUT2D eigenvalue weighted by Crippen LogP contribution is 2.62. The fraction of sp³-hybridized carbons (Fsp3) is 0.550. The summed E-state index contributed by atoms with van der Waals surface area (Å²) in [6, 6.07) is 6.33. The van der Waals surface area contributed by atoms with Gasteiger partial charge in [-0.1, -0.05) is 5.16 Å². The molecule has 0 spiro atoms. The molecular weight excluding hydrogens is 351 g/mol. The number of thioether (sulfide) groups is 1. The zero-order valence-corrected chi connectivity index (χ0v) is 15.3. The molecule has 1 heterocycles. The number of halogens is 1. The van der Waals surface area contributed by atoms with Gasteiger partial charge in [0.2, 0.25) is 0 Å². The van der Waals surface area contributed by atoms with Crippen molar-refractivity contribution in [1.82, 2.24) is 5.16 Å². The van der Waals surface area contributed by atoms with Gasteiger partial charge < -0.3 is 4.52 Å². The molecule has 4 aliphatic rings. The van der Waals surface area contributed by atoms with Gasteiger partial charge in [-0.2, -0.15) is 0 Å². The zero-order chi connectivity index (χ0) is 17.7. The lowest BCUT2D eigenvalue weighted by Gasteiger charge is -2.55. The van der Waals surface area contributed by atoms with E-state index in [1.807, 2.05) is 0 Å². The highest BCUT2D eigenvalue weighted by atomic mass is 32.2. The van der Waals surface area contributed by atoms with Crippen LogP contribution in [-0.2, 0) is 11.2 Å². The molecule has 0 aliphatic heterocycles. The second-order valence-corrected chi connectivity index (χ2v) is 9.39. The van der Waals surface area contributed by atoms with Crippen LogP contribution in [0.1, 0.15) is 50.0 Å². The lowest BCUT2D eigenvalue weighted by Crippen LogP contribution is -2.48. The monoisotopic (exact) mass is 372 g/mol. The van der Waals surface area contributed by atoms with Gasteiger partial charge in [0, 0.05) is 16.1 Å². The Morgan fingerprint density at radius 2 is 1.73 bits per heavy atom. The summed E-state index contributed by atoms with van der Waals surface area (Å²) < 4.78 is 18.8. The SMILES string of the molecule is O=Nc1c(CSc2ccc(F)cc2)noc1C12CC3CC(CC(C3)C1)C2. The van der Waals surface area contributed by atoms with E-state index >= 15 is 0 Å². The van der Waals surface area contributed by atoms with Crippen molar-refractivity contribution >= 4 is 17.4 Å². The number of aromatic nitrogens is 1. The van der Waals surface area contributed by atoms with E-state index in [1.165, 1.54) is 43.2 Å². The number of nitroso groups, excluding NO2 is 1. The van der Waals surface area contributed by atoms with Crippen LogP contribution in [0.25, 0.3) is 0 Å². The lowest BCUT2D eigenvalue weighted by molar-refractivity contribution is -0.0172. The smallest absolute Gasteiger partial charge is 0.175 e. The van der Waals surface area contributed by atoms with Crippen LogP contribution in [-0.4, -0.2) is 5.16 Å². The molecule has 6 rings (SSSR count). The third-order valence-corrected chi connectivity index (χ3v) is 7.56. The highest BCUT2D eigenvalue weighted by molar-refractivity contribution is 7.98. The minimum Gasteiger partial charge on any atom is -0.358 e. The van der Waals surface area contributed by atoms with Crippen molar-refractivity contribution in [2.24, 2.45) is 22.9 Å². The molecule has 0 N–H and O–H groups in total. The van der Waals surface area contributed by atoms with Gasteiger partial charge in [-0.05, 0) is 85.7 Å². The topological polar surface area (TPSA) is 55.5 Å². The predicted octanol–water partition coefficient (Wildman–Crippen LogP) is 5.97. The summed E-state index contributed by atoms with van der Waals surface area (Å²) >= 11 is 1.51. The molecule has 4 fully saturated rings. The van der Waals surface area contributed by atoms with Gasteiger partial charge in [-0.15, -0.1) is 16.7 Å². The third kappa shape index (κ3) is 2.70. The van der Waals surface area contributed by atoms with Crippen molar-refractivity contribution in [3.8, 4) is 0 Å². The fourth-order valence-corrected chi connectivity index (χ4v) is 6.75. The lowest BCUT2D eigenvalue weighted by atomic mass is 9.49. The summed E-state index contributed by atoms with van der Waals surface area (Å²) in [5.74, 6) is 3.29. The zero-order valence-electron chi connectivity index (χ0n) is 14.5. The first-order valence-corrected chi connectivity index (χ1v) is 10.3. The molecule has 0 atom stereocenters. The average Bonchev–Trinajstić information content (AvgIpc) is 3.04. The molecule has 0 saturated heterocycles. The van der Waals surface area contributed by atoms with Gasteiger partial charge in [-0.3, -0.25) is 0 Å². The first-order valence-electron chi connectivity index (χ1n) is 9.36. The molecule has 0 unspecified atom stereocenters. The second-order valence-electron chi connectivity index (χ2n) is 8.34. The van der Waals surface area contributed by atoms with Crippen molar-refractivity contribution in [1.29, 1.82) is 0 Å². The first-order chi connectivity index (χ1) is 12.6. The van der Waals surface area contributed by atoms with Crippen LogP contribution in [0.3, 0.4) is 0 Å². The Morgan fingerprint density at radius 3 is 2.31 bits per heavy atom. The molecular formula is C20H21FN2O2S. The summed E-state index contributed by atoms with van der Waals surface area (Å²) in [6.45, 7) is 0. The van der Waals surface area contributed by atoms with Gasteiger partial charge in [-0.25, -0.2) is 4.39 Å². The first kappa shape index (κ1) is 16.5. The Hall–Kier alpha value is -1.69. The summed E-state index contributed by atoms with van der Waals surface area (Å²) in [5, 5.41) is 7.55. The van der Waals surface area contributed by atoms with Crippen LogP contribution in [0.5, 0.6) is 0 Å². The van der Waals surface area contributed by atoms with Gasteiger partial charge >= 0.3 is 0 Å². The molecule has 6 heteroatoms. The van der Waals surface area contributed by atoms with E-state index in [2.05, 4.69) is 10.3 Å². The van der Waals surface area contributed by atoms with E-state index in [4.69, 9.17) is 4.52 Å². The predicted molar refractivity (Wildman–Crippen MR) is 97.8 cm³/mol. The van der Waals surface area contributed by atoms with Gasteiger partial charge in [0.15, 0.2) is 11.4 Å². The summed E-state index contributed by atoms with van der Waals surface area (Å²) in [4.78, 5) is 12.6. The molecule has 4 saturated carbocycles. The van der Waals surface area contributed by atoms with Crippen LogP contribution in [0, 0.1) is 28.5 Å². The van der Waals surface area contributed by atoms with E-state index in [9.17, 15) is 9.30 Å². The quantitative estimate of drug-likeness (QED) is 0.479. The molecule has 26 heavy (non-hydrogen) atoms. The van der Waals surface area contributed by atoms with E-state index in [1.54, 1.807) is 12.1 Å². The van der Waals surface area contributed by atoms with Crippen molar-refractivity contribution < 1.29 is 8.91 Å². The van der Waals surface area contributed by atoms with Crippen molar-refractivity contribution in [2.45, 2.75) is 54.6 Å². The van der Waals surface area contributed by atoms with Crippen LogP contribution < -0.4 is 0 Å². The maximum atomic E-state index is 13.0. The summed E-state index contributed by atoms with van der Waals surface area (Å²) in [5.41, 5.74) is 1.01. The Labute approximate surface area is 155 Å². The number of hydrogen-bond acceptors (Lipinski definition) is 5. The minimum absolute atomic E-state index is 0.0240. The minimum atomic E-state index is -0.255. The number of benzene rings is 1. The number of hydrogen-bond donors (Lipinski definition) is 0. The number of rotatable bonds is 5. The third-order valence-electron chi connectivity index (χ3n) is 6.54. The standard InChI is InChI=1S/C20H21FN2O2S/c21-15-1-3-16(4-2-15)26-11-17-18(22-24)19(25-23-17)20-8-12-5-13(9-20)7-14(6-12)10-20/h1-4,12-14H,5-11H2. The Balaban J connectivity index is 1.41. The molecule has 0 radical (unpaired) electrons. The second kappa shape index (κ2) is 6.19. The summed E-state index contributed by atoms with van der Waals surface area (Å²) in [6.07, 6.45) is 7.35. The Bertz CT molecular complexity index is 798. The largest absolute Gasteiger partial charge is 0.358 e. The molecule has 1 aromatic carbocycles. The normalized spacial score (nSPS) is 32.1. The van der Waals surface area contributed by atoms with Crippen LogP contribution in [0.4, 0.5) is 10.1 Å². The van der Waals surface area contributed by atoms with Crippen LogP contribution >= 0.6 is 11.8 Å². The highest BCUT2D eigenvalue weighted by Gasteiger charge is 2.54. The maximum absolute atomic E-state index is 13.0. The molecule has 0 amide bonds. The van der Waals surface area contributed by atoms with E-state index in [0.717, 1.165) is 47.7 Å². The fourth-order valence-electron chi connectivity index (χ4n) is 5.93. The maximum Gasteiger partial charge on any atom is 0.175 e. The molecule has 136 valence electrons. The Kier molecular flexibility index (Phi) is 3.92. The van der Waals surface area contributed by atoms with Crippen LogP contribution in [0.2, 0.25) is 0 Å². The molecule has 4 bridgehead atoms. The Morgan fingerprint density at radius 1 is 1.12 bits per heavy atom. The average molecular weight is 372 g/mol.